The third-order valence-corrected chi connectivity index (χ3v) is 3.94. The van der Waals surface area contributed by atoms with Crippen molar-refractivity contribution in [2.24, 2.45) is 0 Å². The van der Waals surface area contributed by atoms with E-state index in [1.165, 1.54) is 0 Å². The summed E-state index contributed by atoms with van der Waals surface area (Å²) in [6.45, 7) is 6.25. The molecule has 2 heterocycles. The highest BCUT2D eigenvalue weighted by Gasteiger charge is 2.27. The third kappa shape index (κ3) is 2.54. The van der Waals surface area contributed by atoms with E-state index in [2.05, 4.69) is 29.0 Å². The van der Waals surface area contributed by atoms with Gasteiger partial charge in [-0.3, -0.25) is 15.1 Å². The molecule has 0 bridgehead atoms. The molecule has 3 rings (SSSR count). The van der Waals surface area contributed by atoms with E-state index in [4.69, 9.17) is 0 Å². The lowest BCUT2D eigenvalue weighted by molar-refractivity contribution is -0.716. The molecule has 0 radical (unpaired) electrons. The van der Waals surface area contributed by atoms with Gasteiger partial charge >= 0.3 is 0 Å². The van der Waals surface area contributed by atoms with Gasteiger partial charge in [0.1, 0.15) is 17.6 Å². The van der Waals surface area contributed by atoms with E-state index in [0.29, 0.717) is 23.0 Å². The van der Waals surface area contributed by atoms with E-state index in [1.54, 1.807) is 24.4 Å². The number of nitrogens with zero attached hydrogens (tertiary/aromatic N) is 3. The summed E-state index contributed by atoms with van der Waals surface area (Å²) in [5.41, 5.74) is 1.82. The zero-order valence-electron chi connectivity index (χ0n) is 12.2. The van der Waals surface area contributed by atoms with Crippen LogP contribution in [0.4, 0.5) is 11.4 Å². The molecule has 1 aliphatic heterocycles. The third-order valence-electron chi connectivity index (χ3n) is 3.94. The minimum Gasteiger partial charge on any atom is -0.358 e. The Hall–Kier alpha value is -2.21. The van der Waals surface area contributed by atoms with Crippen molar-refractivity contribution in [1.82, 2.24) is 4.98 Å². The van der Waals surface area contributed by atoms with Crippen molar-refractivity contribution in [2.75, 3.05) is 18.0 Å². The second-order valence-corrected chi connectivity index (χ2v) is 5.81. The fourth-order valence-corrected chi connectivity index (χ4v) is 3.21. The SMILES string of the molecule is C[C@@H]1CN(c2ccc([N+](=O)[O-])c3cccnc23)C[C@H](C)[NH2+]1. The molecule has 2 atom stereocenters. The van der Waals surface area contributed by atoms with E-state index >= 15 is 0 Å². The number of quaternary nitrogens is 1. The van der Waals surface area contributed by atoms with Crippen LogP contribution in [0.1, 0.15) is 13.8 Å². The summed E-state index contributed by atoms with van der Waals surface area (Å²) in [4.78, 5) is 17.5. The molecule has 2 N–H and O–H groups in total. The number of hydrogen-bond acceptors (Lipinski definition) is 4. The summed E-state index contributed by atoms with van der Waals surface area (Å²) < 4.78 is 0. The number of benzene rings is 1. The maximum atomic E-state index is 11.2. The number of nitrogens with two attached hydrogens (primary N) is 1. The zero-order valence-corrected chi connectivity index (χ0v) is 12.2. The first-order valence-corrected chi connectivity index (χ1v) is 7.18. The summed E-state index contributed by atoms with van der Waals surface area (Å²) in [5, 5.41) is 14.1. The number of fused-ring (bicyclic) bond motifs is 1. The van der Waals surface area contributed by atoms with E-state index in [-0.39, 0.29) is 10.6 Å². The summed E-state index contributed by atoms with van der Waals surface area (Å²) in [6, 6.07) is 7.94. The van der Waals surface area contributed by atoms with Crippen LogP contribution in [0.3, 0.4) is 0 Å². The van der Waals surface area contributed by atoms with Gasteiger partial charge in [0, 0.05) is 12.3 Å². The van der Waals surface area contributed by atoms with Crippen LogP contribution >= 0.6 is 0 Å². The molecular formula is C15H19N4O2+. The van der Waals surface area contributed by atoms with Crippen LogP contribution < -0.4 is 10.2 Å². The van der Waals surface area contributed by atoms with E-state index in [9.17, 15) is 10.1 Å². The predicted molar refractivity (Wildman–Crippen MR) is 81.5 cm³/mol. The number of piperazine rings is 1. The van der Waals surface area contributed by atoms with Crippen molar-refractivity contribution in [3.8, 4) is 0 Å². The van der Waals surface area contributed by atoms with Crippen LogP contribution in [-0.2, 0) is 0 Å². The molecule has 1 aromatic carbocycles. The maximum absolute atomic E-state index is 11.2. The minimum absolute atomic E-state index is 0.117. The quantitative estimate of drug-likeness (QED) is 0.667. The molecular weight excluding hydrogens is 268 g/mol. The topological polar surface area (TPSA) is 75.9 Å². The van der Waals surface area contributed by atoms with E-state index < -0.39 is 0 Å². The first kappa shape index (κ1) is 13.8. The molecule has 2 aromatic rings. The van der Waals surface area contributed by atoms with Crippen molar-refractivity contribution in [3.63, 3.8) is 0 Å². The standard InChI is InChI=1S/C15H18N4O2/c1-10-8-18(9-11(2)17-10)14-6-5-13(19(20)21)12-4-3-7-16-15(12)14/h3-7,10-11,17H,8-9H2,1-2H3/p+1/t10-,11+. The van der Waals surface area contributed by atoms with Gasteiger partial charge in [0.2, 0.25) is 0 Å². The molecule has 0 aliphatic carbocycles. The lowest BCUT2D eigenvalue weighted by atomic mass is 10.1. The van der Waals surface area contributed by atoms with E-state index in [1.807, 2.05) is 6.07 Å². The van der Waals surface area contributed by atoms with Crippen molar-refractivity contribution < 1.29 is 10.2 Å². The molecule has 0 amide bonds. The molecule has 1 aliphatic rings. The van der Waals surface area contributed by atoms with Crippen LogP contribution in [0.25, 0.3) is 10.9 Å². The Labute approximate surface area is 122 Å². The lowest BCUT2D eigenvalue weighted by Gasteiger charge is -2.35. The number of nitro benzene ring substituents is 1. The number of rotatable bonds is 2. The average Bonchev–Trinajstić information content (AvgIpc) is 2.44. The largest absolute Gasteiger partial charge is 0.358 e. The predicted octanol–water partition coefficient (Wildman–Crippen LogP) is 1.30. The maximum Gasteiger partial charge on any atom is 0.278 e. The Morgan fingerprint density at radius 1 is 1.29 bits per heavy atom. The van der Waals surface area contributed by atoms with Crippen LogP contribution in [0.2, 0.25) is 0 Å². The highest BCUT2D eigenvalue weighted by Crippen LogP contribution is 2.32. The van der Waals surface area contributed by atoms with Gasteiger partial charge in [0.15, 0.2) is 0 Å². The molecule has 0 spiro atoms. The Kier molecular flexibility index (Phi) is 3.47. The van der Waals surface area contributed by atoms with Crippen molar-refractivity contribution in [2.45, 2.75) is 25.9 Å². The van der Waals surface area contributed by atoms with Crippen LogP contribution in [-0.4, -0.2) is 35.1 Å². The Bertz CT molecular complexity index is 678. The van der Waals surface area contributed by atoms with Crippen molar-refractivity contribution in [3.05, 3.63) is 40.6 Å². The van der Waals surface area contributed by atoms with Gasteiger partial charge in [-0.2, -0.15) is 0 Å². The first-order chi connectivity index (χ1) is 10.1. The second kappa shape index (κ2) is 5.29. The van der Waals surface area contributed by atoms with Gasteiger partial charge in [-0.25, -0.2) is 0 Å². The van der Waals surface area contributed by atoms with Gasteiger partial charge in [0.25, 0.3) is 5.69 Å². The average molecular weight is 287 g/mol. The molecule has 6 nitrogen and oxygen atoms in total. The number of anilines is 1. The Morgan fingerprint density at radius 2 is 2.00 bits per heavy atom. The monoisotopic (exact) mass is 287 g/mol. The first-order valence-electron chi connectivity index (χ1n) is 7.18. The highest BCUT2D eigenvalue weighted by atomic mass is 16.6. The van der Waals surface area contributed by atoms with Gasteiger partial charge in [-0.1, -0.05) is 0 Å². The smallest absolute Gasteiger partial charge is 0.278 e. The second-order valence-electron chi connectivity index (χ2n) is 5.81. The summed E-state index contributed by atoms with van der Waals surface area (Å²) in [6.07, 6.45) is 1.69. The summed E-state index contributed by atoms with van der Waals surface area (Å²) in [7, 11) is 0. The van der Waals surface area contributed by atoms with Gasteiger partial charge in [-0.15, -0.1) is 0 Å². The van der Waals surface area contributed by atoms with Crippen LogP contribution in [0, 0.1) is 10.1 Å². The zero-order chi connectivity index (χ0) is 15.0. The number of hydrogen-bond donors (Lipinski definition) is 1. The summed E-state index contributed by atoms with van der Waals surface area (Å²) >= 11 is 0. The number of non-ortho nitro benzene ring substituents is 1. The molecule has 1 aromatic heterocycles. The van der Waals surface area contributed by atoms with Gasteiger partial charge in [-0.05, 0) is 32.0 Å². The molecule has 21 heavy (non-hydrogen) atoms. The number of pyridine rings is 1. The molecule has 110 valence electrons. The fraction of sp³-hybridized carbons (Fsp3) is 0.400. The van der Waals surface area contributed by atoms with Crippen LogP contribution in [0.15, 0.2) is 30.5 Å². The minimum atomic E-state index is -0.344. The molecule has 1 fully saturated rings. The molecule has 6 heteroatoms. The normalized spacial score (nSPS) is 22.5. The summed E-state index contributed by atoms with van der Waals surface area (Å²) in [5.74, 6) is 0. The highest BCUT2D eigenvalue weighted by molar-refractivity contribution is 5.97. The van der Waals surface area contributed by atoms with Gasteiger partial charge < -0.3 is 10.2 Å². The van der Waals surface area contributed by atoms with Crippen molar-refractivity contribution >= 4 is 22.3 Å². The van der Waals surface area contributed by atoms with Crippen molar-refractivity contribution in [1.29, 1.82) is 0 Å². The molecule has 0 saturated carbocycles. The number of nitro groups is 1. The lowest BCUT2D eigenvalue weighted by Crippen LogP contribution is -2.99. The Morgan fingerprint density at radius 3 is 2.67 bits per heavy atom. The number of aromatic nitrogens is 1. The van der Waals surface area contributed by atoms with Gasteiger partial charge in [0.05, 0.1) is 29.1 Å². The fourth-order valence-electron chi connectivity index (χ4n) is 3.21. The Balaban J connectivity index is 2.11. The molecule has 0 unspecified atom stereocenters. The van der Waals surface area contributed by atoms with E-state index in [0.717, 1.165) is 18.8 Å². The molecule has 1 saturated heterocycles. The van der Waals surface area contributed by atoms with Crippen LogP contribution in [0.5, 0.6) is 0 Å².